The van der Waals surface area contributed by atoms with E-state index in [0.29, 0.717) is 16.5 Å². The number of nitrogens with zero attached hydrogens (tertiary/aromatic N) is 2. The number of hydrogen-bond donors (Lipinski definition) is 2. The predicted molar refractivity (Wildman–Crippen MR) is 97.7 cm³/mol. The third-order valence-corrected chi connectivity index (χ3v) is 3.60. The average Bonchev–Trinajstić information content (AvgIpc) is 2.64. The topological polar surface area (TPSA) is 76.1 Å². The molecule has 0 unspecified atom stereocenters. The minimum atomic E-state index is -0.335. The van der Waals surface area contributed by atoms with Gasteiger partial charge >= 0.3 is 0 Å². The first kappa shape index (κ1) is 16.7. The first-order chi connectivity index (χ1) is 12.1. The standard InChI is InChI=1S/C18H15ClN4O2/c1-25-15-4-2-3-14(9-15)22-17-10-16(20-11-21-17)18(24)23-13-7-5-12(19)6-8-13/h2-11H,1H3,(H,23,24)(H,20,21,22). The third-order valence-electron chi connectivity index (χ3n) is 3.34. The van der Waals surface area contributed by atoms with E-state index in [2.05, 4.69) is 20.6 Å². The summed E-state index contributed by atoms with van der Waals surface area (Å²) < 4.78 is 5.18. The van der Waals surface area contributed by atoms with Gasteiger partial charge in [0.2, 0.25) is 0 Å². The van der Waals surface area contributed by atoms with Crippen LogP contribution in [-0.4, -0.2) is 23.0 Å². The predicted octanol–water partition coefficient (Wildman–Crippen LogP) is 4.13. The fourth-order valence-corrected chi connectivity index (χ4v) is 2.25. The van der Waals surface area contributed by atoms with Gasteiger partial charge in [0.15, 0.2) is 0 Å². The molecule has 2 aromatic carbocycles. The summed E-state index contributed by atoms with van der Waals surface area (Å²) in [5.41, 5.74) is 1.67. The van der Waals surface area contributed by atoms with Crippen LogP contribution in [0.5, 0.6) is 5.75 Å². The van der Waals surface area contributed by atoms with Crippen molar-refractivity contribution in [1.29, 1.82) is 0 Å². The monoisotopic (exact) mass is 354 g/mol. The second-order valence-corrected chi connectivity index (χ2v) is 5.54. The van der Waals surface area contributed by atoms with Gasteiger partial charge in [0.1, 0.15) is 23.6 Å². The summed E-state index contributed by atoms with van der Waals surface area (Å²) in [5, 5.41) is 6.48. The molecule has 126 valence electrons. The lowest BCUT2D eigenvalue weighted by Crippen LogP contribution is -2.14. The number of halogens is 1. The zero-order chi connectivity index (χ0) is 17.6. The van der Waals surface area contributed by atoms with E-state index in [-0.39, 0.29) is 11.6 Å². The van der Waals surface area contributed by atoms with Crippen molar-refractivity contribution in [3.8, 4) is 5.75 Å². The van der Waals surface area contributed by atoms with Gasteiger partial charge < -0.3 is 15.4 Å². The number of carbonyl (C=O) groups excluding carboxylic acids is 1. The van der Waals surface area contributed by atoms with Crippen molar-refractivity contribution < 1.29 is 9.53 Å². The van der Waals surface area contributed by atoms with Gasteiger partial charge in [-0.1, -0.05) is 17.7 Å². The summed E-state index contributed by atoms with van der Waals surface area (Å²) in [7, 11) is 1.60. The maximum atomic E-state index is 12.3. The highest BCUT2D eigenvalue weighted by molar-refractivity contribution is 6.30. The molecule has 6 nitrogen and oxygen atoms in total. The summed E-state index contributed by atoms with van der Waals surface area (Å²) in [6.45, 7) is 0. The minimum Gasteiger partial charge on any atom is -0.497 e. The zero-order valence-electron chi connectivity index (χ0n) is 13.4. The van der Waals surface area contributed by atoms with Crippen LogP contribution in [0.1, 0.15) is 10.5 Å². The van der Waals surface area contributed by atoms with Crippen LogP contribution in [0.2, 0.25) is 5.02 Å². The number of anilines is 3. The van der Waals surface area contributed by atoms with Crippen LogP contribution >= 0.6 is 11.6 Å². The van der Waals surface area contributed by atoms with Crippen LogP contribution < -0.4 is 15.4 Å². The van der Waals surface area contributed by atoms with Crippen molar-refractivity contribution in [3.05, 3.63) is 71.6 Å². The van der Waals surface area contributed by atoms with Crippen LogP contribution in [0.3, 0.4) is 0 Å². The number of nitrogens with one attached hydrogen (secondary N) is 2. The second-order valence-electron chi connectivity index (χ2n) is 5.11. The van der Waals surface area contributed by atoms with E-state index >= 15 is 0 Å². The van der Waals surface area contributed by atoms with Crippen LogP contribution in [0, 0.1) is 0 Å². The van der Waals surface area contributed by atoms with Crippen molar-refractivity contribution in [2.75, 3.05) is 17.7 Å². The molecule has 0 aliphatic rings. The minimum absolute atomic E-state index is 0.246. The summed E-state index contributed by atoms with van der Waals surface area (Å²) in [6.07, 6.45) is 1.33. The SMILES string of the molecule is COc1cccc(Nc2cc(C(=O)Nc3ccc(Cl)cc3)ncn2)c1. The molecule has 1 aromatic heterocycles. The molecule has 0 saturated heterocycles. The van der Waals surface area contributed by atoms with Crippen molar-refractivity contribution in [3.63, 3.8) is 0 Å². The molecule has 0 radical (unpaired) electrons. The van der Waals surface area contributed by atoms with E-state index in [1.165, 1.54) is 6.33 Å². The highest BCUT2D eigenvalue weighted by Gasteiger charge is 2.09. The van der Waals surface area contributed by atoms with Crippen LogP contribution in [0.25, 0.3) is 0 Å². The molecule has 0 aliphatic carbocycles. The van der Waals surface area contributed by atoms with Gasteiger partial charge in [0, 0.05) is 28.5 Å². The van der Waals surface area contributed by atoms with Gasteiger partial charge in [-0.15, -0.1) is 0 Å². The Morgan fingerprint density at radius 1 is 1.04 bits per heavy atom. The van der Waals surface area contributed by atoms with Gasteiger partial charge in [0.05, 0.1) is 7.11 Å². The first-order valence-corrected chi connectivity index (χ1v) is 7.82. The summed E-state index contributed by atoms with van der Waals surface area (Å²) in [6, 6.07) is 15.8. The maximum absolute atomic E-state index is 12.3. The number of hydrogen-bond acceptors (Lipinski definition) is 5. The van der Waals surface area contributed by atoms with E-state index in [4.69, 9.17) is 16.3 Å². The zero-order valence-corrected chi connectivity index (χ0v) is 14.1. The van der Waals surface area contributed by atoms with Crippen molar-refractivity contribution in [2.45, 2.75) is 0 Å². The van der Waals surface area contributed by atoms with E-state index < -0.39 is 0 Å². The largest absolute Gasteiger partial charge is 0.497 e. The summed E-state index contributed by atoms with van der Waals surface area (Å²) in [5.74, 6) is 0.891. The number of rotatable bonds is 5. The van der Waals surface area contributed by atoms with Crippen LogP contribution in [0.15, 0.2) is 60.9 Å². The average molecular weight is 355 g/mol. The number of methoxy groups -OCH3 is 1. The molecule has 0 spiro atoms. The Morgan fingerprint density at radius 2 is 1.84 bits per heavy atom. The molecule has 3 aromatic rings. The normalized spacial score (nSPS) is 10.2. The summed E-state index contributed by atoms with van der Waals surface area (Å²) in [4.78, 5) is 20.5. The van der Waals surface area contributed by atoms with E-state index in [1.807, 2.05) is 24.3 Å². The lowest BCUT2D eigenvalue weighted by atomic mass is 10.3. The molecule has 3 rings (SSSR count). The van der Waals surface area contributed by atoms with Crippen molar-refractivity contribution in [1.82, 2.24) is 9.97 Å². The molecule has 1 amide bonds. The third kappa shape index (κ3) is 4.45. The number of aromatic nitrogens is 2. The van der Waals surface area contributed by atoms with E-state index in [1.54, 1.807) is 37.4 Å². The maximum Gasteiger partial charge on any atom is 0.274 e. The first-order valence-electron chi connectivity index (χ1n) is 7.44. The van der Waals surface area contributed by atoms with Crippen LogP contribution in [-0.2, 0) is 0 Å². The Hall–Kier alpha value is -3.12. The number of benzene rings is 2. The highest BCUT2D eigenvalue weighted by atomic mass is 35.5. The molecule has 25 heavy (non-hydrogen) atoms. The smallest absolute Gasteiger partial charge is 0.274 e. The highest BCUT2D eigenvalue weighted by Crippen LogP contribution is 2.20. The molecule has 1 heterocycles. The van der Waals surface area contributed by atoms with Gasteiger partial charge in [-0.2, -0.15) is 0 Å². The molecular weight excluding hydrogens is 340 g/mol. The number of carbonyl (C=O) groups is 1. The Morgan fingerprint density at radius 3 is 2.60 bits per heavy atom. The number of ether oxygens (including phenoxy) is 1. The molecule has 0 aliphatic heterocycles. The van der Waals surface area contributed by atoms with Gasteiger partial charge in [-0.25, -0.2) is 9.97 Å². The lowest BCUT2D eigenvalue weighted by Gasteiger charge is -2.09. The second kappa shape index (κ2) is 7.63. The molecule has 7 heteroatoms. The van der Waals surface area contributed by atoms with Crippen molar-refractivity contribution >= 4 is 34.7 Å². The Bertz CT molecular complexity index is 884. The fraction of sp³-hybridized carbons (Fsp3) is 0.0556. The number of amides is 1. The quantitative estimate of drug-likeness (QED) is 0.720. The van der Waals surface area contributed by atoms with E-state index in [0.717, 1.165) is 11.4 Å². The molecule has 0 atom stereocenters. The van der Waals surface area contributed by atoms with Gasteiger partial charge in [0.25, 0.3) is 5.91 Å². The lowest BCUT2D eigenvalue weighted by molar-refractivity contribution is 0.102. The van der Waals surface area contributed by atoms with Crippen molar-refractivity contribution in [2.24, 2.45) is 0 Å². The molecule has 0 bridgehead atoms. The molecule has 0 fully saturated rings. The fourth-order valence-electron chi connectivity index (χ4n) is 2.13. The Balaban J connectivity index is 1.74. The van der Waals surface area contributed by atoms with Crippen LogP contribution in [0.4, 0.5) is 17.2 Å². The van der Waals surface area contributed by atoms with E-state index in [9.17, 15) is 4.79 Å². The molecule has 2 N–H and O–H groups in total. The summed E-state index contributed by atoms with van der Waals surface area (Å²) >= 11 is 5.83. The molecular formula is C18H15ClN4O2. The molecule has 0 saturated carbocycles. The van der Waals surface area contributed by atoms with Gasteiger partial charge in [-0.3, -0.25) is 4.79 Å². The Labute approximate surface area is 149 Å². The Kier molecular flexibility index (Phi) is 5.11. The van der Waals surface area contributed by atoms with Gasteiger partial charge in [-0.05, 0) is 36.4 Å².